The molecule has 4 nitrogen and oxygen atoms in total. The maximum Gasteiger partial charge on any atom is 0.164 e. The van der Waals surface area contributed by atoms with Crippen LogP contribution in [0.5, 0.6) is 0 Å². The first kappa shape index (κ1) is 14.7. The zero-order valence-electron chi connectivity index (χ0n) is 12.4. The molecule has 0 amide bonds. The Hall–Kier alpha value is -1.20. The summed E-state index contributed by atoms with van der Waals surface area (Å²) in [5, 5.41) is 9.58. The van der Waals surface area contributed by atoms with Gasteiger partial charge in [0.05, 0.1) is 19.3 Å². The fourth-order valence-electron chi connectivity index (χ4n) is 2.98. The zero-order valence-corrected chi connectivity index (χ0v) is 12.4. The van der Waals surface area contributed by atoms with Crippen molar-refractivity contribution < 1.29 is 19.3 Å². The van der Waals surface area contributed by atoms with E-state index in [4.69, 9.17) is 14.2 Å². The Morgan fingerprint density at radius 2 is 1.90 bits per heavy atom. The van der Waals surface area contributed by atoms with Gasteiger partial charge in [0, 0.05) is 5.92 Å². The fourth-order valence-corrected chi connectivity index (χ4v) is 2.98. The molecule has 0 bridgehead atoms. The summed E-state index contributed by atoms with van der Waals surface area (Å²) in [6.45, 7) is 4.36. The van der Waals surface area contributed by atoms with Gasteiger partial charge in [-0.2, -0.15) is 0 Å². The van der Waals surface area contributed by atoms with Gasteiger partial charge in [0.25, 0.3) is 0 Å². The molecular weight excluding hydrogens is 268 g/mol. The SMILES string of the molecule is CC1(C)O[C@@H]2[C@@H](OCc3ccccc3)[C@@H](CO)C=C[C@@H]2O1. The minimum atomic E-state index is -0.613. The molecule has 0 saturated carbocycles. The molecule has 1 aliphatic heterocycles. The van der Waals surface area contributed by atoms with E-state index in [-0.39, 0.29) is 30.8 Å². The molecule has 21 heavy (non-hydrogen) atoms. The molecule has 1 aromatic carbocycles. The van der Waals surface area contributed by atoms with Crippen molar-refractivity contribution in [3.05, 3.63) is 48.0 Å². The molecule has 1 aromatic rings. The van der Waals surface area contributed by atoms with Crippen LogP contribution >= 0.6 is 0 Å². The Labute approximate surface area is 125 Å². The number of aliphatic hydroxyl groups is 1. The summed E-state index contributed by atoms with van der Waals surface area (Å²) in [6, 6.07) is 10.0. The fraction of sp³-hybridized carbons (Fsp3) is 0.529. The minimum absolute atomic E-state index is 0.0446. The molecule has 1 fully saturated rings. The number of hydrogen-bond acceptors (Lipinski definition) is 4. The van der Waals surface area contributed by atoms with Crippen LogP contribution in [0.25, 0.3) is 0 Å². The summed E-state index contributed by atoms with van der Waals surface area (Å²) in [7, 11) is 0. The molecule has 0 unspecified atom stereocenters. The van der Waals surface area contributed by atoms with E-state index in [1.165, 1.54) is 0 Å². The molecule has 1 N–H and O–H groups in total. The van der Waals surface area contributed by atoms with Gasteiger partial charge in [0.15, 0.2) is 5.79 Å². The van der Waals surface area contributed by atoms with Crippen molar-refractivity contribution in [1.29, 1.82) is 0 Å². The van der Waals surface area contributed by atoms with Crippen molar-refractivity contribution in [3.63, 3.8) is 0 Å². The Bertz CT molecular complexity index is 497. The molecule has 1 saturated heterocycles. The van der Waals surface area contributed by atoms with Crippen LogP contribution in [0.4, 0.5) is 0 Å². The van der Waals surface area contributed by atoms with E-state index >= 15 is 0 Å². The normalized spacial score (nSPS) is 33.9. The summed E-state index contributed by atoms with van der Waals surface area (Å²) < 4.78 is 17.9. The molecular formula is C17H22O4. The van der Waals surface area contributed by atoms with Crippen molar-refractivity contribution in [3.8, 4) is 0 Å². The summed E-state index contributed by atoms with van der Waals surface area (Å²) in [6.07, 6.45) is 3.46. The first-order chi connectivity index (χ1) is 10.1. The van der Waals surface area contributed by atoms with Gasteiger partial charge in [-0.25, -0.2) is 0 Å². The summed E-state index contributed by atoms with van der Waals surface area (Å²) in [4.78, 5) is 0. The molecule has 0 aromatic heterocycles. The standard InChI is InChI=1S/C17H22O4/c1-17(2)20-14-9-8-13(10-18)15(16(14)21-17)19-11-12-6-4-3-5-7-12/h3-9,13-16,18H,10-11H2,1-2H3/t13-,14+,15+,16+/m1/s1. The Morgan fingerprint density at radius 1 is 1.14 bits per heavy atom. The number of hydrogen-bond donors (Lipinski definition) is 1. The van der Waals surface area contributed by atoms with E-state index in [9.17, 15) is 5.11 Å². The van der Waals surface area contributed by atoms with Crippen LogP contribution in [0.1, 0.15) is 19.4 Å². The predicted molar refractivity (Wildman–Crippen MR) is 78.6 cm³/mol. The second-order valence-corrected chi connectivity index (χ2v) is 6.06. The average molecular weight is 290 g/mol. The highest BCUT2D eigenvalue weighted by Gasteiger charge is 2.48. The number of aliphatic hydroxyl groups excluding tert-OH is 1. The van der Waals surface area contributed by atoms with Gasteiger partial charge in [-0.3, -0.25) is 0 Å². The van der Waals surface area contributed by atoms with Crippen LogP contribution in [-0.4, -0.2) is 35.8 Å². The van der Waals surface area contributed by atoms with Crippen LogP contribution in [0.3, 0.4) is 0 Å². The molecule has 4 heteroatoms. The summed E-state index contributed by atoms with van der Waals surface area (Å²) >= 11 is 0. The molecule has 1 heterocycles. The lowest BCUT2D eigenvalue weighted by atomic mass is 9.89. The molecule has 0 radical (unpaired) electrons. The third-order valence-corrected chi connectivity index (χ3v) is 3.95. The first-order valence-electron chi connectivity index (χ1n) is 7.39. The van der Waals surface area contributed by atoms with E-state index in [0.717, 1.165) is 5.56 Å². The van der Waals surface area contributed by atoms with Crippen molar-refractivity contribution in [2.75, 3.05) is 6.61 Å². The summed E-state index contributed by atoms with van der Waals surface area (Å²) in [5.74, 6) is -0.675. The van der Waals surface area contributed by atoms with Crippen molar-refractivity contribution >= 4 is 0 Å². The first-order valence-corrected chi connectivity index (χ1v) is 7.39. The molecule has 2 aliphatic rings. The van der Waals surface area contributed by atoms with Crippen LogP contribution in [0, 0.1) is 5.92 Å². The summed E-state index contributed by atoms with van der Waals surface area (Å²) in [5.41, 5.74) is 1.11. The molecule has 114 valence electrons. The number of ether oxygens (including phenoxy) is 3. The second kappa shape index (κ2) is 5.89. The second-order valence-electron chi connectivity index (χ2n) is 6.06. The van der Waals surface area contributed by atoms with E-state index in [1.807, 2.05) is 56.3 Å². The molecule has 1 aliphatic carbocycles. The zero-order chi connectivity index (χ0) is 14.9. The number of benzene rings is 1. The lowest BCUT2D eigenvalue weighted by Crippen LogP contribution is -2.45. The predicted octanol–water partition coefficient (Wildman–Crippen LogP) is 2.27. The average Bonchev–Trinajstić information content (AvgIpc) is 2.80. The highest BCUT2D eigenvalue weighted by molar-refractivity contribution is 5.15. The minimum Gasteiger partial charge on any atom is -0.396 e. The number of fused-ring (bicyclic) bond motifs is 1. The maximum atomic E-state index is 9.58. The number of rotatable bonds is 4. The van der Waals surface area contributed by atoms with Crippen LogP contribution < -0.4 is 0 Å². The third-order valence-electron chi connectivity index (χ3n) is 3.95. The highest BCUT2D eigenvalue weighted by atomic mass is 16.8. The lowest BCUT2D eigenvalue weighted by Gasteiger charge is -2.33. The lowest BCUT2D eigenvalue weighted by molar-refractivity contribution is -0.164. The smallest absolute Gasteiger partial charge is 0.164 e. The van der Waals surface area contributed by atoms with Crippen LogP contribution in [0.15, 0.2) is 42.5 Å². The Morgan fingerprint density at radius 3 is 2.62 bits per heavy atom. The van der Waals surface area contributed by atoms with E-state index in [2.05, 4.69) is 0 Å². The Balaban J connectivity index is 1.73. The van der Waals surface area contributed by atoms with Crippen molar-refractivity contribution in [2.45, 2.75) is 44.6 Å². The molecule has 3 rings (SSSR count). The van der Waals surface area contributed by atoms with Crippen LogP contribution in [-0.2, 0) is 20.8 Å². The molecule has 0 spiro atoms. The molecule has 4 atom stereocenters. The van der Waals surface area contributed by atoms with E-state index in [1.54, 1.807) is 0 Å². The van der Waals surface area contributed by atoms with Gasteiger partial charge in [-0.1, -0.05) is 42.5 Å². The van der Waals surface area contributed by atoms with Crippen LogP contribution in [0.2, 0.25) is 0 Å². The van der Waals surface area contributed by atoms with Gasteiger partial charge in [-0.05, 0) is 19.4 Å². The highest BCUT2D eigenvalue weighted by Crippen LogP contribution is 2.37. The van der Waals surface area contributed by atoms with E-state index < -0.39 is 5.79 Å². The maximum absolute atomic E-state index is 9.58. The largest absolute Gasteiger partial charge is 0.396 e. The quantitative estimate of drug-likeness (QED) is 0.864. The van der Waals surface area contributed by atoms with Gasteiger partial charge < -0.3 is 19.3 Å². The van der Waals surface area contributed by atoms with Gasteiger partial charge >= 0.3 is 0 Å². The van der Waals surface area contributed by atoms with Gasteiger partial charge in [-0.15, -0.1) is 0 Å². The van der Waals surface area contributed by atoms with E-state index in [0.29, 0.717) is 6.61 Å². The van der Waals surface area contributed by atoms with Crippen molar-refractivity contribution in [2.24, 2.45) is 5.92 Å². The monoisotopic (exact) mass is 290 g/mol. The Kier molecular flexibility index (Phi) is 4.13. The van der Waals surface area contributed by atoms with Crippen molar-refractivity contribution in [1.82, 2.24) is 0 Å². The van der Waals surface area contributed by atoms with Gasteiger partial charge in [0.2, 0.25) is 0 Å². The topological polar surface area (TPSA) is 47.9 Å². The van der Waals surface area contributed by atoms with Gasteiger partial charge in [0.1, 0.15) is 12.2 Å². The third kappa shape index (κ3) is 3.19.